The third-order valence-electron chi connectivity index (χ3n) is 1.04. The van der Waals surface area contributed by atoms with Gasteiger partial charge < -0.3 is 0 Å². The van der Waals surface area contributed by atoms with Crippen molar-refractivity contribution in [2.24, 2.45) is 0 Å². The summed E-state index contributed by atoms with van der Waals surface area (Å²) in [5.74, 6) is 2.35. The summed E-state index contributed by atoms with van der Waals surface area (Å²) in [6.45, 7) is 4.61. The van der Waals surface area contributed by atoms with Crippen LogP contribution < -0.4 is 5.32 Å². The fraction of sp³-hybridized carbons (Fsp3) is 1.00. The van der Waals surface area contributed by atoms with Gasteiger partial charge in [-0.25, -0.2) is 0 Å². The molecule has 0 aromatic carbocycles. The predicted octanol–water partition coefficient (Wildman–Crippen LogP) is 1.95. The molecule has 73 valence electrons. The molecule has 0 bridgehead atoms. The Morgan fingerprint density at radius 1 is 1.42 bits per heavy atom. The first-order valence-electron chi connectivity index (χ1n) is 3.75. The molecule has 1 N–H and O–H groups in total. The molecule has 0 heterocycles. The Hall–Kier alpha value is 1.75. The van der Waals surface area contributed by atoms with Crippen LogP contribution in [0.2, 0.25) is 0 Å². The molecule has 0 aromatic rings. The molecule has 0 aliphatic rings. The minimum Gasteiger partial charge on any atom is -0.147 e. The number of nitrogens with one attached hydrogen (secondary N) is 1. The molecular weight excluding hydrogens is 316 g/mol. The van der Waals surface area contributed by atoms with Gasteiger partial charge in [0, 0.05) is 0 Å². The number of rotatable bonds is 6. The largest absolute Gasteiger partial charge is 0.147 e. The molecule has 5 heteroatoms. The first kappa shape index (κ1) is 16.2. The van der Waals surface area contributed by atoms with Crippen molar-refractivity contribution in [1.82, 2.24) is 5.32 Å². The average molecular weight is 334 g/mol. The fourth-order valence-corrected chi connectivity index (χ4v) is 4.66. The second-order valence-corrected chi connectivity index (χ2v) is 8.94. The molecule has 0 rings (SSSR count). The summed E-state index contributed by atoms with van der Waals surface area (Å²) >= 11 is 5.72. The van der Waals surface area contributed by atoms with E-state index in [2.05, 4.69) is 30.9 Å². The minimum atomic E-state index is 0. The molecule has 3 radical (unpaired) electrons. The van der Waals surface area contributed by atoms with Crippen molar-refractivity contribution in [2.45, 2.75) is 22.4 Å². The Labute approximate surface area is 104 Å². The number of thioether (sulfide) groups is 2. The summed E-state index contributed by atoms with van der Waals surface area (Å²) in [5, 5.41) is 3.94. The van der Waals surface area contributed by atoms with Crippen LogP contribution in [-0.2, 0) is 0 Å². The van der Waals surface area contributed by atoms with Crippen molar-refractivity contribution in [1.29, 1.82) is 0 Å². The van der Waals surface area contributed by atoms with Gasteiger partial charge in [-0.15, -0.1) is 12.4 Å². The molecule has 2 unspecified atom stereocenters. The molecule has 0 fully saturated rings. The van der Waals surface area contributed by atoms with Gasteiger partial charge in [0.1, 0.15) is 0 Å². The van der Waals surface area contributed by atoms with Crippen LogP contribution in [0.4, 0.5) is 0 Å². The van der Waals surface area contributed by atoms with E-state index in [0.717, 1.165) is 14.4 Å². The zero-order valence-electron chi connectivity index (χ0n) is 7.79. The zero-order chi connectivity index (χ0) is 8.69. The van der Waals surface area contributed by atoms with Crippen LogP contribution in [0, 0.1) is 0 Å². The Kier molecular flexibility index (Phi) is 14.6. The third-order valence-corrected chi connectivity index (χ3v) is 4.68. The Balaban J connectivity index is 0. The molecule has 0 saturated carbocycles. The van der Waals surface area contributed by atoms with Crippen LogP contribution in [-0.4, -0.2) is 49.7 Å². The van der Waals surface area contributed by atoms with Crippen LogP contribution in [0.25, 0.3) is 0 Å². The van der Waals surface area contributed by atoms with Crippen LogP contribution in [0.3, 0.4) is 0 Å². The first-order chi connectivity index (χ1) is 5.16. The van der Waals surface area contributed by atoms with E-state index in [1.54, 1.807) is 22.5 Å². The van der Waals surface area contributed by atoms with Crippen molar-refractivity contribution in [2.75, 3.05) is 18.7 Å². The maximum absolute atomic E-state index is 3.14. The monoisotopic (exact) mass is 334 g/mol. The van der Waals surface area contributed by atoms with Crippen molar-refractivity contribution in [3.63, 3.8) is 0 Å². The summed E-state index contributed by atoms with van der Waals surface area (Å²) in [7, 11) is 2.00. The summed E-state index contributed by atoms with van der Waals surface area (Å²) in [4.78, 5) is 0. The maximum Gasteiger partial charge on any atom is -0.147 e. The molecule has 12 heavy (non-hydrogen) atoms. The molecule has 0 spiro atoms. The molecule has 0 amide bonds. The molecule has 0 aliphatic heterocycles. The van der Waals surface area contributed by atoms with Crippen LogP contribution in [0.1, 0.15) is 13.8 Å². The van der Waals surface area contributed by atoms with Gasteiger partial charge in [-0.1, -0.05) is 0 Å². The first-order valence-corrected chi connectivity index (χ1v) is 7.50. The summed E-state index contributed by atoms with van der Waals surface area (Å²) in [6, 6.07) is 0. The fourth-order valence-electron chi connectivity index (χ4n) is 0.715. The van der Waals surface area contributed by atoms with Gasteiger partial charge in [-0.3, -0.25) is 0 Å². The van der Waals surface area contributed by atoms with Crippen molar-refractivity contribution >= 4 is 58.5 Å². The normalized spacial score (nSPS) is 15.0. The number of hydrogen-bond acceptors (Lipinski definition) is 3. The zero-order valence-corrected chi connectivity index (χ0v) is 13.1. The van der Waals surface area contributed by atoms with E-state index in [4.69, 9.17) is 0 Å². The molecule has 2 atom stereocenters. The average Bonchev–Trinajstić information content (AvgIpc) is 1.86. The molecule has 0 saturated heterocycles. The summed E-state index contributed by atoms with van der Waals surface area (Å²) in [6.07, 6.45) is 0. The van der Waals surface area contributed by atoms with Gasteiger partial charge in [0.15, 0.2) is 0 Å². The van der Waals surface area contributed by atoms with E-state index in [9.17, 15) is 0 Å². The van der Waals surface area contributed by atoms with E-state index < -0.39 is 0 Å². The smallest absolute Gasteiger partial charge is 0.147 e. The van der Waals surface area contributed by atoms with Gasteiger partial charge in [0.05, 0.1) is 0 Å². The van der Waals surface area contributed by atoms with Gasteiger partial charge in [-0.05, 0) is 0 Å². The van der Waals surface area contributed by atoms with E-state index in [1.165, 1.54) is 5.75 Å². The number of halogens is 1. The van der Waals surface area contributed by atoms with E-state index >= 15 is 0 Å². The SMILES string of the molecule is CNCSCC(C)S[CH](C)[Sn].Cl. The predicted molar refractivity (Wildman–Crippen MR) is 65.9 cm³/mol. The Bertz CT molecular complexity index is 95.5. The summed E-state index contributed by atoms with van der Waals surface area (Å²) in [5.41, 5.74) is 0. The van der Waals surface area contributed by atoms with Crippen LogP contribution >= 0.6 is 35.9 Å². The van der Waals surface area contributed by atoms with Crippen LogP contribution in [0.5, 0.6) is 0 Å². The molecule has 1 nitrogen and oxygen atoms in total. The summed E-state index contributed by atoms with van der Waals surface area (Å²) < 4.78 is 0.854. The van der Waals surface area contributed by atoms with Gasteiger partial charge in [0.25, 0.3) is 0 Å². The molecule has 0 aliphatic carbocycles. The van der Waals surface area contributed by atoms with Crippen LogP contribution in [0.15, 0.2) is 0 Å². The Morgan fingerprint density at radius 3 is 2.42 bits per heavy atom. The van der Waals surface area contributed by atoms with Gasteiger partial charge in [0.2, 0.25) is 0 Å². The Morgan fingerprint density at radius 2 is 2.00 bits per heavy atom. The second kappa shape index (κ2) is 10.8. The third kappa shape index (κ3) is 11.7. The van der Waals surface area contributed by atoms with Gasteiger partial charge in [-0.2, -0.15) is 0 Å². The van der Waals surface area contributed by atoms with E-state index in [1.807, 2.05) is 18.8 Å². The molecular formula is C7H17ClNS2Sn. The van der Waals surface area contributed by atoms with Crippen molar-refractivity contribution < 1.29 is 0 Å². The second-order valence-electron chi connectivity index (χ2n) is 2.46. The quantitative estimate of drug-likeness (QED) is 0.453. The van der Waals surface area contributed by atoms with Crippen molar-refractivity contribution in [3.8, 4) is 0 Å². The standard InChI is InChI=1S/C7H16NS2.ClH.Sn/c1-4-10-7(2)5-9-6-8-3;;/h4,7-8H,5-6H2,1-3H3;1H;. The number of hydrogen-bond donors (Lipinski definition) is 1. The van der Waals surface area contributed by atoms with Crippen molar-refractivity contribution in [3.05, 3.63) is 0 Å². The minimum absolute atomic E-state index is 0. The van der Waals surface area contributed by atoms with Gasteiger partial charge >= 0.3 is 92.4 Å². The topological polar surface area (TPSA) is 12.0 Å². The van der Waals surface area contributed by atoms with E-state index in [-0.39, 0.29) is 12.4 Å². The van der Waals surface area contributed by atoms with E-state index in [0.29, 0.717) is 0 Å². The molecule has 0 aromatic heterocycles. The maximum atomic E-state index is 3.14.